The minimum absolute atomic E-state index is 0.0265. The molecule has 0 amide bonds. The van der Waals surface area contributed by atoms with E-state index in [-0.39, 0.29) is 11.7 Å². The first kappa shape index (κ1) is 21.3. The molecule has 2 aromatic carbocycles. The van der Waals surface area contributed by atoms with Crippen LogP contribution >= 0.6 is 27.5 Å². The molecule has 6 nitrogen and oxygen atoms in total. The average Bonchev–Trinajstić information content (AvgIpc) is 2.69. The van der Waals surface area contributed by atoms with Crippen molar-refractivity contribution in [3.63, 3.8) is 0 Å². The second-order valence-corrected chi connectivity index (χ2v) is 7.90. The van der Waals surface area contributed by atoms with Crippen molar-refractivity contribution in [2.24, 2.45) is 5.10 Å². The maximum absolute atomic E-state index is 12.9. The molecule has 0 N–H and O–H groups in total. The first-order valence-electron chi connectivity index (χ1n) is 9.11. The molecule has 0 spiro atoms. The van der Waals surface area contributed by atoms with E-state index in [4.69, 9.17) is 21.1 Å². The Morgan fingerprint density at radius 2 is 2.10 bits per heavy atom. The molecule has 0 saturated heterocycles. The van der Waals surface area contributed by atoms with Crippen LogP contribution in [0.5, 0.6) is 11.5 Å². The van der Waals surface area contributed by atoms with E-state index < -0.39 is 0 Å². The van der Waals surface area contributed by atoms with Crippen molar-refractivity contribution in [3.8, 4) is 11.5 Å². The molecule has 0 aliphatic heterocycles. The van der Waals surface area contributed by atoms with Crippen LogP contribution < -0.4 is 15.0 Å². The molecular weight excluding hydrogens is 458 g/mol. The fraction of sp³-hybridized carbons (Fsp3) is 0.286. The Balaban J connectivity index is 2.12. The smallest absolute Gasteiger partial charge is 0.282 e. The van der Waals surface area contributed by atoms with E-state index in [2.05, 4.69) is 26.0 Å². The van der Waals surface area contributed by atoms with Gasteiger partial charge in [-0.25, -0.2) is 4.98 Å². The van der Waals surface area contributed by atoms with Gasteiger partial charge in [0.05, 0.1) is 30.3 Å². The van der Waals surface area contributed by atoms with E-state index in [0.717, 1.165) is 10.9 Å². The number of nitrogens with zero attached hydrogens (tertiary/aromatic N) is 3. The number of fused-ring (bicyclic) bond motifs is 1. The Labute approximate surface area is 182 Å². The molecule has 1 heterocycles. The lowest BCUT2D eigenvalue weighted by Crippen LogP contribution is -2.20. The Morgan fingerprint density at radius 3 is 2.79 bits per heavy atom. The highest BCUT2D eigenvalue weighted by Crippen LogP contribution is 2.35. The lowest BCUT2D eigenvalue weighted by Gasteiger charge is -2.18. The van der Waals surface area contributed by atoms with Gasteiger partial charge in [0, 0.05) is 21.1 Å². The number of hydrogen-bond donors (Lipinski definition) is 0. The largest absolute Gasteiger partial charge is 0.493 e. The summed E-state index contributed by atoms with van der Waals surface area (Å²) in [5.74, 6) is 1.50. The normalized spacial score (nSPS) is 12.5. The highest BCUT2D eigenvalue weighted by Gasteiger charge is 2.15. The summed E-state index contributed by atoms with van der Waals surface area (Å²) >= 11 is 9.62. The van der Waals surface area contributed by atoms with Gasteiger partial charge in [0.1, 0.15) is 5.82 Å². The third-order valence-corrected chi connectivity index (χ3v) is 5.16. The molecule has 3 aromatic rings. The van der Waals surface area contributed by atoms with Crippen molar-refractivity contribution in [2.75, 3.05) is 7.11 Å². The third kappa shape index (κ3) is 4.62. The summed E-state index contributed by atoms with van der Waals surface area (Å²) in [6.45, 7) is 5.73. The quantitative estimate of drug-likeness (QED) is 0.457. The lowest BCUT2D eigenvalue weighted by molar-refractivity contribution is 0.207. The van der Waals surface area contributed by atoms with Gasteiger partial charge in [-0.15, -0.1) is 0 Å². The van der Waals surface area contributed by atoms with Crippen LogP contribution in [0.3, 0.4) is 0 Å². The first-order chi connectivity index (χ1) is 13.8. The van der Waals surface area contributed by atoms with E-state index in [1.807, 2.05) is 19.9 Å². The number of ether oxygens (including phenoxy) is 2. The van der Waals surface area contributed by atoms with E-state index in [1.165, 1.54) is 10.9 Å². The van der Waals surface area contributed by atoms with Crippen molar-refractivity contribution < 1.29 is 9.47 Å². The summed E-state index contributed by atoms with van der Waals surface area (Å²) in [4.78, 5) is 17.4. The maximum atomic E-state index is 12.9. The maximum Gasteiger partial charge on any atom is 0.282 e. The van der Waals surface area contributed by atoms with Gasteiger partial charge in [0.2, 0.25) is 0 Å². The van der Waals surface area contributed by atoms with Crippen molar-refractivity contribution >= 4 is 44.6 Å². The Hall–Kier alpha value is -2.38. The monoisotopic (exact) mass is 477 g/mol. The molecule has 0 aliphatic carbocycles. The Bertz CT molecular complexity index is 1140. The van der Waals surface area contributed by atoms with Gasteiger partial charge in [-0.1, -0.05) is 34.5 Å². The number of benzene rings is 2. The van der Waals surface area contributed by atoms with Crippen LogP contribution in [-0.2, 0) is 0 Å². The van der Waals surface area contributed by atoms with Crippen molar-refractivity contribution in [1.29, 1.82) is 0 Å². The second-order valence-electron chi connectivity index (χ2n) is 6.55. The molecule has 29 heavy (non-hydrogen) atoms. The van der Waals surface area contributed by atoms with Crippen molar-refractivity contribution in [3.05, 3.63) is 61.6 Å². The van der Waals surface area contributed by atoms with Crippen LogP contribution in [0.4, 0.5) is 0 Å². The van der Waals surface area contributed by atoms with Gasteiger partial charge in [-0.3, -0.25) is 4.79 Å². The molecule has 0 fully saturated rings. The fourth-order valence-electron chi connectivity index (χ4n) is 2.76. The SMILES string of the molecule is CC[C@H](C)Oc1c(C=Nn2c(C)nc3ccc(Br)cc3c2=O)cc(Cl)cc1OC. The van der Waals surface area contributed by atoms with Crippen LogP contribution in [0.2, 0.25) is 5.02 Å². The third-order valence-electron chi connectivity index (χ3n) is 4.44. The van der Waals surface area contributed by atoms with Crippen LogP contribution in [-0.4, -0.2) is 29.1 Å². The second kappa shape index (κ2) is 8.97. The summed E-state index contributed by atoms with van der Waals surface area (Å²) < 4.78 is 13.5. The number of halogens is 2. The first-order valence-corrected chi connectivity index (χ1v) is 10.3. The summed E-state index contributed by atoms with van der Waals surface area (Å²) in [5.41, 5.74) is 0.964. The summed E-state index contributed by atoms with van der Waals surface area (Å²) in [5, 5.41) is 5.32. The molecule has 1 atom stereocenters. The molecule has 0 radical (unpaired) electrons. The minimum atomic E-state index is -0.261. The molecule has 0 bridgehead atoms. The molecular formula is C21H21BrClN3O3. The van der Waals surface area contributed by atoms with Gasteiger partial charge in [0.15, 0.2) is 11.5 Å². The Morgan fingerprint density at radius 1 is 1.34 bits per heavy atom. The number of rotatable bonds is 6. The van der Waals surface area contributed by atoms with Gasteiger partial charge < -0.3 is 9.47 Å². The predicted molar refractivity (Wildman–Crippen MR) is 120 cm³/mol. The van der Waals surface area contributed by atoms with Crippen molar-refractivity contribution in [1.82, 2.24) is 9.66 Å². The highest BCUT2D eigenvalue weighted by molar-refractivity contribution is 9.10. The fourth-order valence-corrected chi connectivity index (χ4v) is 3.34. The van der Waals surface area contributed by atoms with E-state index in [9.17, 15) is 4.79 Å². The summed E-state index contributed by atoms with van der Waals surface area (Å²) in [6, 6.07) is 8.77. The number of aryl methyl sites for hydroxylation is 1. The van der Waals surface area contributed by atoms with Crippen LogP contribution in [0.1, 0.15) is 31.7 Å². The summed E-state index contributed by atoms with van der Waals surface area (Å²) in [7, 11) is 1.55. The lowest BCUT2D eigenvalue weighted by atomic mass is 10.2. The van der Waals surface area contributed by atoms with Gasteiger partial charge in [-0.2, -0.15) is 9.78 Å². The minimum Gasteiger partial charge on any atom is -0.493 e. The number of aromatic nitrogens is 2. The van der Waals surface area contributed by atoms with Crippen molar-refractivity contribution in [2.45, 2.75) is 33.3 Å². The zero-order chi connectivity index (χ0) is 21.1. The molecule has 8 heteroatoms. The van der Waals surface area contributed by atoms with Gasteiger partial charge >= 0.3 is 0 Å². The van der Waals surface area contributed by atoms with Gasteiger partial charge in [0.25, 0.3) is 5.56 Å². The predicted octanol–water partition coefficient (Wildman–Crippen LogP) is 5.19. The zero-order valence-electron chi connectivity index (χ0n) is 16.6. The zero-order valence-corrected chi connectivity index (χ0v) is 18.9. The highest BCUT2D eigenvalue weighted by atomic mass is 79.9. The number of methoxy groups -OCH3 is 1. The van der Waals surface area contributed by atoms with Gasteiger partial charge in [-0.05, 0) is 44.5 Å². The standard InChI is InChI=1S/C21H21BrClN3O3/c1-5-12(2)29-20-14(8-16(23)10-19(20)28-4)11-24-26-13(3)25-18-7-6-15(22)9-17(18)21(26)27/h6-12H,5H2,1-4H3/t12-/m0/s1. The molecule has 3 rings (SSSR count). The van der Waals surface area contributed by atoms with E-state index in [1.54, 1.807) is 38.3 Å². The topological polar surface area (TPSA) is 65.7 Å². The molecule has 152 valence electrons. The number of hydrogen-bond acceptors (Lipinski definition) is 5. The molecule has 1 aromatic heterocycles. The Kier molecular flexibility index (Phi) is 6.59. The van der Waals surface area contributed by atoms with E-state index in [0.29, 0.717) is 38.8 Å². The van der Waals surface area contributed by atoms with E-state index >= 15 is 0 Å². The van der Waals surface area contributed by atoms with Crippen LogP contribution in [0.15, 0.2) is 44.7 Å². The molecule has 0 aliphatic rings. The van der Waals surface area contributed by atoms with Crippen LogP contribution in [0, 0.1) is 6.92 Å². The molecule has 0 unspecified atom stereocenters. The average molecular weight is 479 g/mol. The summed E-state index contributed by atoms with van der Waals surface area (Å²) in [6.07, 6.45) is 2.33. The van der Waals surface area contributed by atoms with Crippen LogP contribution in [0.25, 0.3) is 10.9 Å². The molecule has 0 saturated carbocycles.